The number of ketones is 2. The molecule has 6 unspecified atom stereocenters. The van der Waals surface area contributed by atoms with E-state index in [1.54, 1.807) is 67.6 Å². The Morgan fingerprint density at radius 1 is 0.821 bits per heavy atom. The summed E-state index contributed by atoms with van der Waals surface area (Å²) in [6.07, 6.45) is -3.46. The van der Waals surface area contributed by atoms with Crippen LogP contribution in [0.25, 0.3) is 5.76 Å². The van der Waals surface area contributed by atoms with E-state index in [1.165, 1.54) is 25.1 Å². The number of hydrogen-bond acceptors (Lipinski definition) is 13. The molecule has 0 aromatic heterocycles. The monoisotopic (exact) mass is 770 g/mol. The molecule has 294 valence electrons. The lowest BCUT2D eigenvalue weighted by Crippen LogP contribution is -2.70. The smallest absolute Gasteiger partial charge is 0.408 e. The standard InChI is InChI=1S/C40H42N4O12/c1-20-24-15-14-23(16-41-38(52)55-17-21-10-6-4-7-11-21)31(45)26(24)32(46)27-25(20)33(47)29-30(44(2)3)34(48)28(36(50)40(29,54)35(27)49)37(51)42-19-43-39(53)56-18-22-12-8-5-9-13-22/h4-15,20,25,29-30,33,45-47,50,54H,16-19H2,1-3H3,(H,41,52)(H,42,51)(H,43,53). The van der Waals surface area contributed by atoms with Gasteiger partial charge in [-0.15, -0.1) is 0 Å². The summed E-state index contributed by atoms with van der Waals surface area (Å²) >= 11 is 0. The molecule has 6 atom stereocenters. The van der Waals surface area contributed by atoms with E-state index in [0.29, 0.717) is 11.1 Å². The van der Waals surface area contributed by atoms with Crippen LogP contribution >= 0.6 is 0 Å². The number of Topliss-reactive ketones (excluding diaryl/α,β-unsaturated/α-hetero) is 2. The molecule has 0 saturated heterocycles. The lowest BCUT2D eigenvalue weighted by Gasteiger charge is -2.53. The summed E-state index contributed by atoms with van der Waals surface area (Å²) in [7, 11) is 2.85. The first kappa shape index (κ1) is 39.5. The number of aliphatic hydroxyl groups excluding tert-OH is 3. The van der Waals surface area contributed by atoms with Crippen LogP contribution in [0.4, 0.5) is 9.59 Å². The van der Waals surface area contributed by atoms with Crippen molar-refractivity contribution in [3.8, 4) is 5.75 Å². The van der Waals surface area contributed by atoms with Crippen LogP contribution in [0.5, 0.6) is 5.75 Å². The molecule has 16 heteroatoms. The number of aromatic hydroxyl groups is 1. The molecule has 3 aromatic carbocycles. The summed E-state index contributed by atoms with van der Waals surface area (Å²) in [4.78, 5) is 67.8. The predicted molar refractivity (Wildman–Crippen MR) is 197 cm³/mol. The molecule has 0 bridgehead atoms. The molecule has 3 aliphatic rings. The molecule has 1 saturated carbocycles. The van der Waals surface area contributed by atoms with Crippen molar-refractivity contribution in [2.24, 2.45) is 11.8 Å². The molecule has 6 rings (SSSR count). The highest BCUT2D eigenvalue weighted by Gasteiger charge is 2.68. The van der Waals surface area contributed by atoms with Gasteiger partial charge in [-0.05, 0) is 36.7 Å². The maximum Gasteiger partial charge on any atom is 0.408 e. The summed E-state index contributed by atoms with van der Waals surface area (Å²) in [5.41, 5.74) is -2.94. The van der Waals surface area contributed by atoms with Gasteiger partial charge < -0.3 is 51.0 Å². The summed E-state index contributed by atoms with van der Waals surface area (Å²) in [5, 5.41) is 65.8. The van der Waals surface area contributed by atoms with Gasteiger partial charge in [0, 0.05) is 23.6 Å². The van der Waals surface area contributed by atoms with Crippen LogP contribution < -0.4 is 16.0 Å². The van der Waals surface area contributed by atoms with Crippen LogP contribution in [0.2, 0.25) is 0 Å². The van der Waals surface area contributed by atoms with E-state index >= 15 is 0 Å². The number of nitrogens with one attached hydrogen (secondary N) is 3. The Morgan fingerprint density at radius 3 is 1.96 bits per heavy atom. The zero-order valence-electron chi connectivity index (χ0n) is 30.7. The number of amides is 3. The fourth-order valence-corrected chi connectivity index (χ4v) is 7.78. The molecule has 0 radical (unpaired) electrons. The van der Waals surface area contributed by atoms with Gasteiger partial charge in [-0.25, -0.2) is 9.59 Å². The van der Waals surface area contributed by atoms with Crippen molar-refractivity contribution < 1.29 is 59.0 Å². The number of ether oxygens (including phenoxy) is 2. The highest BCUT2D eigenvalue weighted by molar-refractivity contribution is 6.25. The Morgan fingerprint density at radius 2 is 1.39 bits per heavy atom. The van der Waals surface area contributed by atoms with Crippen LogP contribution in [0, 0.1) is 11.8 Å². The zero-order valence-corrected chi connectivity index (χ0v) is 30.7. The van der Waals surface area contributed by atoms with Gasteiger partial charge in [0.05, 0.1) is 30.3 Å². The number of benzene rings is 3. The number of phenols is 1. The van der Waals surface area contributed by atoms with Crippen molar-refractivity contribution in [1.29, 1.82) is 0 Å². The van der Waals surface area contributed by atoms with Gasteiger partial charge in [0.1, 0.15) is 36.1 Å². The Labute approximate surface area is 321 Å². The molecule has 0 aliphatic heterocycles. The maximum absolute atomic E-state index is 14.5. The molecule has 3 aromatic rings. The third-order valence-corrected chi connectivity index (χ3v) is 10.5. The number of fused-ring (bicyclic) bond motifs is 3. The van der Waals surface area contributed by atoms with Gasteiger partial charge in [0.25, 0.3) is 5.91 Å². The number of likely N-dealkylation sites (N-methyl/N-ethyl adjacent to an activating group) is 1. The van der Waals surface area contributed by atoms with Crippen molar-refractivity contribution in [2.45, 2.75) is 50.3 Å². The van der Waals surface area contributed by atoms with E-state index in [9.17, 15) is 49.5 Å². The van der Waals surface area contributed by atoms with Crippen LogP contribution in [-0.4, -0.2) is 98.6 Å². The molecule has 56 heavy (non-hydrogen) atoms. The Kier molecular flexibility index (Phi) is 11.2. The minimum Gasteiger partial charge on any atom is -0.508 e. The molecular formula is C40H42N4O12. The fourth-order valence-electron chi connectivity index (χ4n) is 7.78. The number of phenolic OH excluding ortho intramolecular Hbond substituents is 1. The number of carbonyl (C=O) groups excluding carboxylic acids is 5. The van der Waals surface area contributed by atoms with Crippen molar-refractivity contribution >= 4 is 35.4 Å². The normalized spacial score (nSPS) is 24.1. The molecule has 3 amide bonds. The molecular weight excluding hydrogens is 728 g/mol. The Balaban J connectivity index is 1.27. The summed E-state index contributed by atoms with van der Waals surface area (Å²) in [6.45, 7) is 0.724. The lowest BCUT2D eigenvalue weighted by molar-refractivity contribution is -0.169. The molecule has 16 nitrogen and oxygen atoms in total. The highest BCUT2D eigenvalue weighted by Crippen LogP contribution is 2.56. The van der Waals surface area contributed by atoms with Crippen LogP contribution in [-0.2, 0) is 43.6 Å². The number of nitrogens with zero attached hydrogens (tertiary/aromatic N) is 1. The second-order valence-electron chi connectivity index (χ2n) is 14.1. The maximum atomic E-state index is 14.5. The first-order chi connectivity index (χ1) is 26.7. The first-order valence-electron chi connectivity index (χ1n) is 17.7. The van der Waals surface area contributed by atoms with Gasteiger partial charge in [0.2, 0.25) is 5.78 Å². The van der Waals surface area contributed by atoms with Crippen molar-refractivity contribution in [1.82, 2.24) is 20.9 Å². The number of aliphatic hydroxyl groups is 4. The van der Waals surface area contributed by atoms with Crippen molar-refractivity contribution in [3.05, 3.63) is 118 Å². The minimum absolute atomic E-state index is 0.00533. The second-order valence-corrected chi connectivity index (χ2v) is 14.1. The first-order valence-corrected chi connectivity index (χ1v) is 17.7. The van der Waals surface area contributed by atoms with Crippen LogP contribution in [0.15, 0.2) is 89.7 Å². The lowest BCUT2D eigenvalue weighted by atomic mass is 9.54. The van der Waals surface area contributed by atoms with E-state index in [0.717, 1.165) is 5.56 Å². The molecule has 3 aliphatic carbocycles. The molecule has 0 spiro atoms. The van der Waals surface area contributed by atoms with E-state index in [2.05, 4.69) is 16.0 Å². The number of alkyl carbamates (subject to hydrolysis) is 2. The van der Waals surface area contributed by atoms with Crippen molar-refractivity contribution in [3.63, 3.8) is 0 Å². The average molecular weight is 771 g/mol. The van der Waals surface area contributed by atoms with E-state index < -0.39 is 100 Å². The van der Waals surface area contributed by atoms with Crippen LogP contribution in [0.1, 0.15) is 40.7 Å². The third kappa shape index (κ3) is 7.05. The quantitative estimate of drug-likeness (QED) is 0.109. The third-order valence-electron chi connectivity index (χ3n) is 10.5. The van der Waals surface area contributed by atoms with Crippen molar-refractivity contribution in [2.75, 3.05) is 20.8 Å². The topological polar surface area (TPSA) is 244 Å². The van der Waals surface area contributed by atoms with Gasteiger partial charge in [-0.2, -0.15) is 0 Å². The fraction of sp³-hybridized carbons (Fsp3) is 0.325. The Bertz CT molecular complexity index is 2120. The van der Waals surface area contributed by atoms with E-state index in [1.807, 2.05) is 6.07 Å². The number of hydrogen-bond donors (Lipinski definition) is 8. The molecule has 8 N–H and O–H groups in total. The van der Waals surface area contributed by atoms with Gasteiger partial charge in [-0.1, -0.05) is 79.7 Å². The van der Waals surface area contributed by atoms with Crippen LogP contribution in [0.3, 0.4) is 0 Å². The summed E-state index contributed by atoms with van der Waals surface area (Å²) in [5.74, 6) is -9.99. The zero-order chi connectivity index (χ0) is 40.5. The SMILES string of the molecule is CC1c2ccc(CNC(=O)OCc3ccccc3)c(O)c2C(O)=C2C(=O)C3(O)C(O)=C(C(=O)NCNC(=O)OCc4ccccc4)C(=O)C(N(C)C)C3C(O)C21. The number of carbonyl (C=O) groups is 5. The summed E-state index contributed by atoms with van der Waals surface area (Å²) < 4.78 is 10.3. The van der Waals surface area contributed by atoms with Gasteiger partial charge in [0.15, 0.2) is 11.4 Å². The summed E-state index contributed by atoms with van der Waals surface area (Å²) in [6, 6.07) is 19.3. The Hall–Kier alpha value is -6.23. The number of rotatable bonds is 10. The molecule has 1 fully saturated rings. The highest BCUT2D eigenvalue weighted by atomic mass is 16.6. The second kappa shape index (κ2) is 15.9. The minimum atomic E-state index is -3.11. The van der Waals surface area contributed by atoms with E-state index in [-0.39, 0.29) is 30.9 Å². The van der Waals surface area contributed by atoms with Gasteiger partial charge >= 0.3 is 12.2 Å². The van der Waals surface area contributed by atoms with Gasteiger partial charge in [-0.3, -0.25) is 19.3 Å². The predicted octanol–water partition coefficient (Wildman–Crippen LogP) is 2.44. The largest absolute Gasteiger partial charge is 0.508 e. The average Bonchev–Trinajstić information content (AvgIpc) is 3.18. The molecule has 0 heterocycles. The van der Waals surface area contributed by atoms with E-state index in [4.69, 9.17) is 9.47 Å².